The van der Waals surface area contributed by atoms with Crippen molar-refractivity contribution < 1.29 is 4.74 Å². The van der Waals surface area contributed by atoms with E-state index in [9.17, 15) is 0 Å². The summed E-state index contributed by atoms with van der Waals surface area (Å²) in [6, 6.07) is 3.88. The smallest absolute Gasteiger partial charge is 0.213 e. The number of nitrogens with one attached hydrogen (secondary N) is 1. The molecule has 0 saturated heterocycles. The van der Waals surface area contributed by atoms with Crippen LogP contribution in [0.4, 0.5) is 0 Å². The predicted molar refractivity (Wildman–Crippen MR) is 56.8 cm³/mol. The summed E-state index contributed by atoms with van der Waals surface area (Å²) in [5.74, 6) is 0.672. The van der Waals surface area contributed by atoms with E-state index in [0.717, 1.165) is 17.5 Å². The first-order chi connectivity index (χ1) is 6.76. The summed E-state index contributed by atoms with van der Waals surface area (Å²) in [5.41, 5.74) is 4.59. The van der Waals surface area contributed by atoms with E-state index in [4.69, 9.17) is 4.74 Å². The fourth-order valence-electron chi connectivity index (χ4n) is 1.77. The van der Waals surface area contributed by atoms with Crippen molar-refractivity contribution in [2.24, 2.45) is 0 Å². The second kappa shape index (κ2) is 3.33. The third-order valence-electron chi connectivity index (χ3n) is 2.49. The Morgan fingerprint density at radius 2 is 2.21 bits per heavy atom. The number of H-pyrrole nitrogens is 1. The fourth-order valence-corrected chi connectivity index (χ4v) is 1.77. The van der Waals surface area contributed by atoms with Gasteiger partial charge >= 0.3 is 0 Å². The summed E-state index contributed by atoms with van der Waals surface area (Å²) < 4.78 is 5.11. The van der Waals surface area contributed by atoms with Gasteiger partial charge in [0.05, 0.1) is 18.1 Å². The molecule has 2 heterocycles. The number of nitrogens with zero attached hydrogens (tertiary/aromatic N) is 1. The lowest BCUT2D eigenvalue weighted by molar-refractivity contribution is 0.399. The van der Waals surface area contributed by atoms with Gasteiger partial charge in [0.2, 0.25) is 5.88 Å². The van der Waals surface area contributed by atoms with Crippen LogP contribution in [0.1, 0.15) is 18.2 Å². The minimum absolute atomic E-state index is 0.672. The number of aryl methyl sites for hydroxylation is 2. The van der Waals surface area contributed by atoms with Crippen LogP contribution in [-0.4, -0.2) is 17.1 Å². The van der Waals surface area contributed by atoms with Crippen LogP contribution in [0.5, 0.6) is 5.88 Å². The normalized spacial score (nSPS) is 10.8. The zero-order valence-corrected chi connectivity index (χ0v) is 8.72. The van der Waals surface area contributed by atoms with Gasteiger partial charge in [0.15, 0.2) is 0 Å². The molecular formula is C11H14N2O. The SMILES string of the molecule is CCc1c(C)[nH]c2ccc(OC)nc12. The standard InChI is InChI=1S/C11H14N2O/c1-4-8-7(2)12-9-5-6-10(14-3)13-11(8)9/h5-6,12H,4H2,1-3H3. The van der Waals surface area contributed by atoms with Gasteiger partial charge in [-0.2, -0.15) is 0 Å². The molecule has 2 aromatic heterocycles. The molecule has 1 N–H and O–H groups in total. The minimum atomic E-state index is 0.672. The highest BCUT2D eigenvalue weighted by atomic mass is 16.5. The molecule has 2 rings (SSSR count). The molecule has 0 amide bonds. The zero-order valence-electron chi connectivity index (χ0n) is 8.72. The van der Waals surface area contributed by atoms with Crippen LogP contribution in [0.25, 0.3) is 11.0 Å². The van der Waals surface area contributed by atoms with Crippen molar-refractivity contribution in [3.8, 4) is 5.88 Å². The number of fused-ring (bicyclic) bond motifs is 1. The van der Waals surface area contributed by atoms with Crippen molar-refractivity contribution in [2.45, 2.75) is 20.3 Å². The summed E-state index contributed by atoms with van der Waals surface area (Å²) in [7, 11) is 1.64. The van der Waals surface area contributed by atoms with Gasteiger partial charge in [-0.15, -0.1) is 0 Å². The predicted octanol–water partition coefficient (Wildman–Crippen LogP) is 2.44. The van der Waals surface area contributed by atoms with Crippen LogP contribution in [0, 0.1) is 6.92 Å². The van der Waals surface area contributed by atoms with Crippen molar-refractivity contribution >= 4 is 11.0 Å². The Hall–Kier alpha value is -1.51. The first kappa shape index (κ1) is 9.06. The zero-order chi connectivity index (χ0) is 10.1. The Bertz CT molecular complexity index is 460. The number of aromatic nitrogens is 2. The molecule has 0 unspecified atom stereocenters. The van der Waals surface area contributed by atoms with E-state index >= 15 is 0 Å². The van der Waals surface area contributed by atoms with Gasteiger partial charge in [0.25, 0.3) is 0 Å². The molecule has 0 aliphatic rings. The lowest BCUT2D eigenvalue weighted by atomic mass is 10.2. The van der Waals surface area contributed by atoms with Crippen molar-refractivity contribution in [3.05, 3.63) is 23.4 Å². The monoisotopic (exact) mass is 190 g/mol. The molecule has 14 heavy (non-hydrogen) atoms. The van der Waals surface area contributed by atoms with Crippen LogP contribution in [0.15, 0.2) is 12.1 Å². The Morgan fingerprint density at radius 3 is 2.86 bits per heavy atom. The molecule has 3 heteroatoms. The fraction of sp³-hybridized carbons (Fsp3) is 0.364. The number of aromatic amines is 1. The number of rotatable bonds is 2. The molecule has 0 saturated carbocycles. The highest BCUT2D eigenvalue weighted by Gasteiger charge is 2.08. The Balaban J connectivity index is 2.71. The van der Waals surface area contributed by atoms with E-state index in [1.54, 1.807) is 7.11 Å². The number of pyridine rings is 1. The number of methoxy groups -OCH3 is 1. The van der Waals surface area contributed by atoms with Crippen LogP contribution in [0.3, 0.4) is 0 Å². The first-order valence-electron chi connectivity index (χ1n) is 4.78. The van der Waals surface area contributed by atoms with E-state index in [1.807, 2.05) is 12.1 Å². The average molecular weight is 190 g/mol. The first-order valence-corrected chi connectivity index (χ1v) is 4.78. The van der Waals surface area contributed by atoms with Gasteiger partial charge in [0, 0.05) is 11.8 Å². The Morgan fingerprint density at radius 1 is 1.43 bits per heavy atom. The maximum absolute atomic E-state index is 5.11. The molecule has 0 atom stereocenters. The second-order valence-electron chi connectivity index (χ2n) is 3.33. The highest BCUT2D eigenvalue weighted by molar-refractivity contribution is 5.81. The van der Waals surface area contributed by atoms with E-state index in [-0.39, 0.29) is 0 Å². The summed E-state index contributed by atoms with van der Waals surface area (Å²) in [4.78, 5) is 7.74. The molecule has 0 aromatic carbocycles. The molecule has 0 spiro atoms. The minimum Gasteiger partial charge on any atom is -0.481 e. The van der Waals surface area contributed by atoms with Crippen molar-refractivity contribution in [1.82, 2.24) is 9.97 Å². The van der Waals surface area contributed by atoms with Gasteiger partial charge in [0.1, 0.15) is 0 Å². The molecule has 0 aliphatic carbocycles. The summed E-state index contributed by atoms with van der Waals surface area (Å²) in [6.07, 6.45) is 0.992. The van der Waals surface area contributed by atoms with Crippen LogP contribution < -0.4 is 4.74 Å². The summed E-state index contributed by atoms with van der Waals surface area (Å²) >= 11 is 0. The Kier molecular flexibility index (Phi) is 2.15. The van der Waals surface area contributed by atoms with Crippen LogP contribution in [0.2, 0.25) is 0 Å². The molecule has 0 bridgehead atoms. The van der Waals surface area contributed by atoms with Crippen molar-refractivity contribution in [3.63, 3.8) is 0 Å². The third-order valence-corrected chi connectivity index (χ3v) is 2.49. The average Bonchev–Trinajstić information content (AvgIpc) is 2.52. The molecule has 0 aliphatic heterocycles. The van der Waals surface area contributed by atoms with Crippen molar-refractivity contribution in [2.75, 3.05) is 7.11 Å². The quantitative estimate of drug-likeness (QED) is 0.789. The summed E-state index contributed by atoms with van der Waals surface area (Å²) in [6.45, 7) is 4.21. The molecular weight excluding hydrogens is 176 g/mol. The van der Waals surface area contributed by atoms with E-state index in [1.165, 1.54) is 11.3 Å². The van der Waals surface area contributed by atoms with Crippen LogP contribution >= 0.6 is 0 Å². The molecule has 0 fully saturated rings. The topological polar surface area (TPSA) is 37.9 Å². The van der Waals surface area contributed by atoms with Gasteiger partial charge in [-0.05, 0) is 25.0 Å². The molecule has 3 nitrogen and oxygen atoms in total. The maximum Gasteiger partial charge on any atom is 0.213 e. The van der Waals surface area contributed by atoms with Gasteiger partial charge in [-0.3, -0.25) is 0 Å². The van der Waals surface area contributed by atoms with Crippen LogP contribution in [-0.2, 0) is 6.42 Å². The maximum atomic E-state index is 5.11. The largest absolute Gasteiger partial charge is 0.481 e. The lowest BCUT2D eigenvalue weighted by Gasteiger charge is -1.98. The van der Waals surface area contributed by atoms with Gasteiger partial charge < -0.3 is 9.72 Å². The molecule has 0 radical (unpaired) electrons. The van der Waals surface area contributed by atoms with E-state index < -0.39 is 0 Å². The van der Waals surface area contributed by atoms with E-state index in [0.29, 0.717) is 5.88 Å². The number of hydrogen-bond donors (Lipinski definition) is 1. The number of hydrogen-bond acceptors (Lipinski definition) is 2. The lowest BCUT2D eigenvalue weighted by Crippen LogP contribution is -1.88. The van der Waals surface area contributed by atoms with Gasteiger partial charge in [-0.1, -0.05) is 6.92 Å². The second-order valence-corrected chi connectivity index (χ2v) is 3.33. The molecule has 2 aromatic rings. The van der Waals surface area contributed by atoms with E-state index in [2.05, 4.69) is 23.8 Å². The highest BCUT2D eigenvalue weighted by Crippen LogP contribution is 2.22. The van der Waals surface area contributed by atoms with Gasteiger partial charge in [-0.25, -0.2) is 4.98 Å². The number of ether oxygens (including phenoxy) is 1. The van der Waals surface area contributed by atoms with Crippen molar-refractivity contribution in [1.29, 1.82) is 0 Å². The third kappa shape index (κ3) is 1.25. The summed E-state index contributed by atoms with van der Waals surface area (Å²) in [5, 5.41) is 0. The Labute approximate surface area is 83.1 Å². The molecule has 74 valence electrons.